The zero-order valence-corrected chi connectivity index (χ0v) is 13.1. The molecule has 0 spiro atoms. The molecule has 114 valence electrons. The second-order valence-corrected chi connectivity index (χ2v) is 7.81. The van der Waals surface area contributed by atoms with Gasteiger partial charge < -0.3 is 10.6 Å². The summed E-state index contributed by atoms with van der Waals surface area (Å²) in [5.41, 5.74) is 6.01. The number of nitrogens with zero attached hydrogens (tertiary/aromatic N) is 1. The van der Waals surface area contributed by atoms with E-state index in [4.69, 9.17) is 5.73 Å². The summed E-state index contributed by atoms with van der Waals surface area (Å²) in [6.45, 7) is 3.20. The van der Waals surface area contributed by atoms with Crippen LogP contribution in [0.15, 0.2) is 0 Å². The fraction of sp³-hybridized carbons (Fsp3) is 0.941. The number of nitrogens with two attached hydrogens (primary N) is 1. The molecule has 6 unspecified atom stereocenters. The minimum Gasteiger partial charge on any atom is -0.345 e. The molecule has 0 aromatic heterocycles. The summed E-state index contributed by atoms with van der Waals surface area (Å²) in [6, 6.07) is 0.310. The van der Waals surface area contributed by atoms with E-state index in [1.165, 1.54) is 25.7 Å². The van der Waals surface area contributed by atoms with Crippen molar-refractivity contribution in [3.8, 4) is 0 Å². The number of rotatable bonds is 3. The zero-order chi connectivity index (χ0) is 14.3. The van der Waals surface area contributed by atoms with Crippen LogP contribution < -0.4 is 5.73 Å². The van der Waals surface area contributed by atoms with Gasteiger partial charge in [0.1, 0.15) is 0 Å². The Morgan fingerprint density at radius 1 is 1.15 bits per heavy atom. The summed E-state index contributed by atoms with van der Waals surface area (Å²) in [5, 5.41) is 0. The van der Waals surface area contributed by atoms with Gasteiger partial charge in [-0.05, 0) is 62.2 Å². The Morgan fingerprint density at radius 3 is 2.55 bits per heavy atom. The molecule has 0 heterocycles. The Kier molecular flexibility index (Phi) is 4.07. The first-order valence-electron chi connectivity index (χ1n) is 8.55. The Balaban J connectivity index is 1.54. The lowest BCUT2D eigenvalue weighted by molar-refractivity contribution is -0.137. The summed E-state index contributed by atoms with van der Waals surface area (Å²) in [6.07, 6.45) is 8.67. The molecule has 6 atom stereocenters. The molecule has 0 saturated heterocycles. The third kappa shape index (κ3) is 2.74. The molecular formula is C17H30N2O. The number of hydrogen-bond donors (Lipinski definition) is 1. The lowest BCUT2D eigenvalue weighted by atomic mass is 9.77. The van der Waals surface area contributed by atoms with Crippen molar-refractivity contribution < 1.29 is 4.79 Å². The molecule has 0 radical (unpaired) electrons. The monoisotopic (exact) mass is 278 g/mol. The minimum absolute atomic E-state index is 0.221. The average molecular weight is 278 g/mol. The zero-order valence-electron chi connectivity index (χ0n) is 13.1. The maximum absolute atomic E-state index is 12.7. The Hall–Kier alpha value is -0.570. The smallest absolute Gasteiger partial charge is 0.225 e. The van der Waals surface area contributed by atoms with E-state index >= 15 is 0 Å². The average Bonchev–Trinajstić information content (AvgIpc) is 3.00. The largest absolute Gasteiger partial charge is 0.345 e. The molecule has 3 saturated carbocycles. The first-order valence-corrected chi connectivity index (χ1v) is 8.55. The van der Waals surface area contributed by atoms with E-state index in [1.807, 2.05) is 11.9 Å². The van der Waals surface area contributed by atoms with E-state index in [-0.39, 0.29) is 5.92 Å². The minimum atomic E-state index is 0.221. The van der Waals surface area contributed by atoms with Crippen LogP contribution in [0, 0.1) is 29.6 Å². The Labute approximate surface area is 123 Å². The number of carbonyl (C=O) groups excluding carboxylic acids is 1. The molecule has 20 heavy (non-hydrogen) atoms. The molecule has 0 aromatic rings. The van der Waals surface area contributed by atoms with Crippen molar-refractivity contribution in [1.82, 2.24) is 4.90 Å². The first kappa shape index (κ1) is 14.4. The number of carbonyl (C=O) groups is 1. The summed E-state index contributed by atoms with van der Waals surface area (Å²) < 4.78 is 0. The second kappa shape index (κ2) is 5.67. The van der Waals surface area contributed by atoms with Crippen LogP contribution in [0.4, 0.5) is 0 Å². The Bertz CT molecular complexity index is 370. The molecule has 3 fully saturated rings. The van der Waals surface area contributed by atoms with E-state index in [1.54, 1.807) is 0 Å². The normalized spacial score (nSPS) is 43.8. The molecule has 2 bridgehead atoms. The lowest BCUT2D eigenvalue weighted by Crippen LogP contribution is -2.43. The Morgan fingerprint density at radius 2 is 1.95 bits per heavy atom. The number of fused-ring (bicyclic) bond motifs is 2. The van der Waals surface area contributed by atoms with Crippen molar-refractivity contribution in [3.63, 3.8) is 0 Å². The van der Waals surface area contributed by atoms with Gasteiger partial charge in [0.25, 0.3) is 0 Å². The van der Waals surface area contributed by atoms with Crippen LogP contribution in [0.25, 0.3) is 0 Å². The maximum atomic E-state index is 12.7. The van der Waals surface area contributed by atoms with Crippen LogP contribution in [-0.4, -0.2) is 30.4 Å². The van der Waals surface area contributed by atoms with Gasteiger partial charge in [-0.25, -0.2) is 0 Å². The molecule has 3 nitrogen and oxygen atoms in total. The molecule has 3 aliphatic rings. The van der Waals surface area contributed by atoms with E-state index in [2.05, 4.69) is 6.92 Å². The van der Waals surface area contributed by atoms with Crippen LogP contribution in [-0.2, 0) is 4.79 Å². The van der Waals surface area contributed by atoms with Crippen LogP contribution in [0.2, 0.25) is 0 Å². The fourth-order valence-corrected chi connectivity index (χ4v) is 5.13. The van der Waals surface area contributed by atoms with Gasteiger partial charge in [0, 0.05) is 25.6 Å². The van der Waals surface area contributed by atoms with E-state index < -0.39 is 0 Å². The van der Waals surface area contributed by atoms with Gasteiger partial charge in [0.05, 0.1) is 0 Å². The maximum Gasteiger partial charge on any atom is 0.225 e. The van der Waals surface area contributed by atoms with Crippen LogP contribution >= 0.6 is 0 Å². The molecule has 0 aliphatic heterocycles. The highest BCUT2D eigenvalue weighted by Gasteiger charge is 2.41. The van der Waals surface area contributed by atoms with Crippen molar-refractivity contribution in [3.05, 3.63) is 0 Å². The fourth-order valence-electron chi connectivity index (χ4n) is 5.13. The van der Waals surface area contributed by atoms with Crippen LogP contribution in [0.5, 0.6) is 0 Å². The molecule has 0 aromatic carbocycles. The summed E-state index contributed by atoms with van der Waals surface area (Å²) in [4.78, 5) is 14.7. The molecule has 3 rings (SSSR count). The lowest BCUT2D eigenvalue weighted by Gasteiger charge is -2.35. The predicted molar refractivity (Wildman–Crippen MR) is 81.1 cm³/mol. The van der Waals surface area contributed by atoms with Gasteiger partial charge in [0.15, 0.2) is 0 Å². The highest BCUT2D eigenvalue weighted by molar-refractivity contribution is 5.79. The standard InChI is InChI=1S/C17H30N2O/c1-11-7-15(18)5-6-16(11)17(20)19(2)10-14-9-12-3-4-13(14)8-12/h11-16H,3-10,18H2,1-2H3. The van der Waals surface area contributed by atoms with E-state index in [9.17, 15) is 4.79 Å². The van der Waals surface area contributed by atoms with E-state index in [0.29, 0.717) is 17.9 Å². The van der Waals surface area contributed by atoms with Gasteiger partial charge in [0.2, 0.25) is 5.91 Å². The van der Waals surface area contributed by atoms with Crippen LogP contribution in [0.1, 0.15) is 51.9 Å². The van der Waals surface area contributed by atoms with Crippen LogP contribution in [0.3, 0.4) is 0 Å². The highest BCUT2D eigenvalue weighted by Crippen LogP contribution is 2.48. The molecule has 3 heteroatoms. The third-order valence-electron chi connectivity index (χ3n) is 6.30. The summed E-state index contributed by atoms with van der Waals surface area (Å²) in [7, 11) is 2.02. The summed E-state index contributed by atoms with van der Waals surface area (Å²) >= 11 is 0. The first-order chi connectivity index (χ1) is 9.54. The van der Waals surface area contributed by atoms with Crippen molar-refractivity contribution in [2.75, 3.05) is 13.6 Å². The van der Waals surface area contributed by atoms with Crippen molar-refractivity contribution >= 4 is 5.91 Å². The SMILES string of the molecule is CC1CC(N)CCC1C(=O)N(C)CC1CC2CCC1C2. The third-order valence-corrected chi connectivity index (χ3v) is 6.30. The van der Waals surface area contributed by atoms with Gasteiger partial charge in [-0.1, -0.05) is 13.3 Å². The van der Waals surface area contributed by atoms with Crippen molar-refractivity contribution in [2.45, 2.75) is 57.9 Å². The number of amides is 1. The van der Waals surface area contributed by atoms with Crippen molar-refractivity contribution in [2.24, 2.45) is 35.3 Å². The van der Waals surface area contributed by atoms with Crippen molar-refractivity contribution in [1.29, 1.82) is 0 Å². The highest BCUT2D eigenvalue weighted by atomic mass is 16.2. The molecule has 1 amide bonds. The summed E-state index contributed by atoms with van der Waals surface area (Å²) in [5.74, 6) is 3.72. The molecular weight excluding hydrogens is 248 g/mol. The van der Waals surface area contributed by atoms with Gasteiger partial charge in [-0.15, -0.1) is 0 Å². The quantitative estimate of drug-likeness (QED) is 0.862. The van der Waals surface area contributed by atoms with E-state index in [0.717, 1.165) is 43.6 Å². The van der Waals surface area contributed by atoms with Gasteiger partial charge in [-0.2, -0.15) is 0 Å². The van der Waals surface area contributed by atoms with Gasteiger partial charge in [-0.3, -0.25) is 4.79 Å². The van der Waals surface area contributed by atoms with Gasteiger partial charge >= 0.3 is 0 Å². The topological polar surface area (TPSA) is 46.3 Å². The molecule has 2 N–H and O–H groups in total. The number of hydrogen-bond acceptors (Lipinski definition) is 2. The predicted octanol–water partition coefficient (Wildman–Crippen LogP) is 2.64. The molecule has 3 aliphatic carbocycles. The second-order valence-electron chi connectivity index (χ2n) is 7.81.